The van der Waals surface area contributed by atoms with Crippen LogP contribution in [0.15, 0.2) is 182 Å². The Hall–Kier alpha value is -5.61. The fourth-order valence-corrected chi connectivity index (χ4v) is 10.3. The van der Waals surface area contributed by atoms with Gasteiger partial charge in [-0.1, -0.05) is 331 Å². The van der Waals surface area contributed by atoms with Crippen LogP contribution in [-0.4, -0.2) is 87.4 Å². The average molecular weight is 1340 g/mol. The second kappa shape index (κ2) is 76.1. The molecule has 97 heavy (non-hydrogen) atoms. The second-order valence-corrected chi connectivity index (χ2v) is 26.6. The summed E-state index contributed by atoms with van der Waals surface area (Å²) < 4.78 is 23.0. The number of hydrogen-bond donors (Lipinski definition) is 1. The predicted octanol–water partition coefficient (Wildman–Crippen LogP) is 25.1. The van der Waals surface area contributed by atoms with Crippen molar-refractivity contribution in [1.29, 1.82) is 0 Å². The molecule has 548 valence electrons. The summed E-state index contributed by atoms with van der Waals surface area (Å²) in [5.74, 6) is -2.03. The molecule has 2 atom stereocenters. The summed E-state index contributed by atoms with van der Waals surface area (Å²) in [6.07, 6.45) is 113. The fourth-order valence-electron chi connectivity index (χ4n) is 10.3. The van der Waals surface area contributed by atoms with E-state index in [9.17, 15) is 19.5 Å². The fraction of sp³-hybridized carbons (Fsp3) is 0.625. The van der Waals surface area contributed by atoms with Crippen LogP contribution in [-0.2, 0) is 33.3 Å². The average Bonchev–Trinajstić information content (AvgIpc) is 3.27. The first-order valence-electron chi connectivity index (χ1n) is 38.9. The zero-order chi connectivity index (χ0) is 70.4. The van der Waals surface area contributed by atoms with Crippen molar-refractivity contribution >= 4 is 17.9 Å². The predicted molar refractivity (Wildman–Crippen MR) is 419 cm³/mol. The maximum Gasteiger partial charge on any atom is 0.361 e. The van der Waals surface area contributed by atoms with Crippen LogP contribution in [0.2, 0.25) is 0 Å². The summed E-state index contributed by atoms with van der Waals surface area (Å²) in [6, 6.07) is 0. The third-order valence-electron chi connectivity index (χ3n) is 16.2. The zero-order valence-electron chi connectivity index (χ0n) is 62.7. The van der Waals surface area contributed by atoms with E-state index >= 15 is 0 Å². The number of rotatable bonds is 70. The van der Waals surface area contributed by atoms with Gasteiger partial charge in [-0.05, 0) is 135 Å². The van der Waals surface area contributed by atoms with Crippen LogP contribution in [0.1, 0.15) is 296 Å². The Balaban J connectivity index is 4.14. The molecule has 0 bridgehead atoms. The lowest BCUT2D eigenvalue weighted by Crippen LogP contribution is -2.40. The molecule has 0 saturated carbocycles. The summed E-state index contributed by atoms with van der Waals surface area (Å²) in [6.45, 7) is 4.64. The molecule has 9 heteroatoms. The van der Waals surface area contributed by atoms with Crippen molar-refractivity contribution < 1.29 is 42.9 Å². The van der Waals surface area contributed by atoms with Gasteiger partial charge in [0.25, 0.3) is 6.29 Å². The number of ether oxygens (including phenoxy) is 4. The zero-order valence-corrected chi connectivity index (χ0v) is 62.7. The number of quaternary nitrogens is 1. The van der Waals surface area contributed by atoms with Crippen molar-refractivity contribution in [1.82, 2.24) is 0 Å². The molecule has 2 unspecified atom stereocenters. The molecule has 0 aromatic rings. The third-order valence-corrected chi connectivity index (χ3v) is 16.2. The number of esters is 2. The van der Waals surface area contributed by atoms with Crippen molar-refractivity contribution in [3.8, 4) is 0 Å². The van der Waals surface area contributed by atoms with Crippen LogP contribution in [0.4, 0.5) is 0 Å². The second-order valence-electron chi connectivity index (χ2n) is 26.6. The van der Waals surface area contributed by atoms with E-state index < -0.39 is 24.3 Å². The number of nitrogens with zero attached hydrogens (tertiary/aromatic N) is 1. The lowest BCUT2D eigenvalue weighted by molar-refractivity contribution is -0.870. The monoisotopic (exact) mass is 1340 g/mol. The highest BCUT2D eigenvalue weighted by Crippen LogP contribution is 2.17. The van der Waals surface area contributed by atoms with Gasteiger partial charge in [0.05, 0.1) is 34.4 Å². The van der Waals surface area contributed by atoms with Crippen molar-refractivity contribution in [2.45, 2.75) is 309 Å². The molecule has 0 saturated heterocycles. The Bertz CT molecular complexity index is 2260. The number of carboxylic acid groups (broad SMARTS) is 1. The van der Waals surface area contributed by atoms with E-state index in [1.54, 1.807) is 0 Å². The molecule has 0 aliphatic rings. The first-order valence-corrected chi connectivity index (χ1v) is 38.9. The van der Waals surface area contributed by atoms with Crippen LogP contribution < -0.4 is 0 Å². The summed E-state index contributed by atoms with van der Waals surface area (Å²) in [4.78, 5) is 37.7. The minimum absolute atomic E-state index is 0.178. The van der Waals surface area contributed by atoms with E-state index in [4.69, 9.17) is 18.9 Å². The lowest BCUT2D eigenvalue weighted by Gasteiger charge is -2.25. The van der Waals surface area contributed by atoms with Gasteiger partial charge in [-0.2, -0.15) is 0 Å². The Morgan fingerprint density at radius 1 is 0.309 bits per heavy atom. The van der Waals surface area contributed by atoms with Crippen molar-refractivity contribution in [2.24, 2.45) is 0 Å². The van der Waals surface area contributed by atoms with Gasteiger partial charge >= 0.3 is 17.9 Å². The Morgan fingerprint density at radius 2 is 0.557 bits per heavy atom. The van der Waals surface area contributed by atoms with Gasteiger partial charge in [-0.15, -0.1) is 0 Å². The first-order chi connectivity index (χ1) is 47.6. The quantitative estimate of drug-likeness (QED) is 0.0211. The number of unbranched alkanes of at least 4 members (excludes halogenated alkanes) is 25. The topological polar surface area (TPSA) is 108 Å². The molecule has 0 rings (SSSR count). The summed E-state index contributed by atoms with van der Waals surface area (Å²) >= 11 is 0. The first kappa shape index (κ1) is 91.4. The summed E-state index contributed by atoms with van der Waals surface area (Å²) in [5.41, 5.74) is 0. The number of carbonyl (C=O) groups excluding carboxylic acids is 2. The summed E-state index contributed by atoms with van der Waals surface area (Å²) in [5, 5.41) is 9.77. The molecular weight excluding hydrogens is 1200 g/mol. The van der Waals surface area contributed by atoms with Gasteiger partial charge in [0.1, 0.15) is 13.2 Å². The van der Waals surface area contributed by atoms with Crippen LogP contribution in [0.25, 0.3) is 0 Å². The molecule has 0 amide bonds. The Kier molecular flexibility index (Phi) is 71.7. The SMILES string of the molecule is CC/C=C\C/C=C\C/C=C\C/C=C\C/C=C\C/C=C\C/C=C\C/C=C\C/C=C\C/C=C\C/C=C\CCCCCCCCCC(=O)OC(COC(=O)CCCCCCCCCCCCCCCCCCCC/C=C\C/C=C\C/C=C\C/C=C\CC)COC(OCC[N+](C)(C)C)C(=O)O. The lowest BCUT2D eigenvalue weighted by atomic mass is 10.0. The van der Waals surface area contributed by atoms with Gasteiger partial charge < -0.3 is 28.5 Å². The maximum atomic E-state index is 13.0. The maximum absolute atomic E-state index is 13.0. The Morgan fingerprint density at radius 3 is 0.825 bits per heavy atom. The van der Waals surface area contributed by atoms with E-state index in [0.717, 1.165) is 141 Å². The van der Waals surface area contributed by atoms with Gasteiger partial charge in [-0.3, -0.25) is 9.59 Å². The standard InChI is InChI=1S/C88H143NO8/c1-6-8-10-12-14-16-18-20-22-24-26-28-30-32-34-36-38-39-40-41-42-43-44-45-46-47-49-51-53-55-57-59-61-63-65-67-69-71-73-75-77-79-86(91)97-84(83-96-88(87(92)93)94-81-80-89(3,4)5)82-95-85(90)78-76-74-72-70-68-66-64-62-60-58-56-54-52-50-48-37-35-33-31-29-27-25-23-21-19-17-15-13-11-9-7-2/h8-11,14-17,20-23,26-29,32,34,38-39,41-42,44-45,47,49,53,55,59,61,84,88H,6-7,12-13,18-19,24-25,30-31,33,35-37,40,43,46,48,50-52,54,56-58,60,62-83H2,1-5H3/p+1/b10-8-,11-9-,16-14-,17-15-,22-20-,23-21-,28-26-,29-27-,34-32-,39-38-,42-41-,45-44-,49-47-,55-53-,61-59-. The Labute approximate surface area is 596 Å². The molecule has 0 heterocycles. The molecule has 0 fully saturated rings. The van der Waals surface area contributed by atoms with E-state index in [-0.39, 0.29) is 32.2 Å². The highest BCUT2D eigenvalue weighted by Gasteiger charge is 2.25. The van der Waals surface area contributed by atoms with Crippen LogP contribution >= 0.6 is 0 Å². The minimum atomic E-state index is -1.52. The molecular formula is C88H144NO8+. The molecule has 0 radical (unpaired) electrons. The molecule has 0 aliphatic heterocycles. The number of likely N-dealkylation sites (N-methyl/N-ethyl adjacent to an activating group) is 1. The highest BCUT2D eigenvalue weighted by molar-refractivity contribution is 5.71. The molecule has 1 N–H and O–H groups in total. The van der Waals surface area contributed by atoms with E-state index in [2.05, 4.69) is 196 Å². The van der Waals surface area contributed by atoms with Crippen molar-refractivity contribution in [3.63, 3.8) is 0 Å². The third kappa shape index (κ3) is 77.6. The number of carboxylic acids is 1. The van der Waals surface area contributed by atoms with Crippen LogP contribution in [0, 0.1) is 0 Å². The minimum Gasteiger partial charge on any atom is -0.477 e. The largest absolute Gasteiger partial charge is 0.477 e. The normalized spacial score (nSPS) is 13.7. The molecule has 0 aromatic carbocycles. The van der Waals surface area contributed by atoms with E-state index in [0.29, 0.717) is 23.9 Å². The smallest absolute Gasteiger partial charge is 0.361 e. The highest BCUT2D eigenvalue weighted by atomic mass is 16.7. The number of hydrogen-bond acceptors (Lipinski definition) is 7. The molecule has 0 aliphatic carbocycles. The van der Waals surface area contributed by atoms with Crippen LogP contribution in [0.5, 0.6) is 0 Å². The molecule has 0 aromatic heterocycles. The van der Waals surface area contributed by atoms with Gasteiger partial charge in [-0.25, -0.2) is 4.79 Å². The van der Waals surface area contributed by atoms with E-state index in [1.807, 2.05) is 21.1 Å². The molecule has 9 nitrogen and oxygen atoms in total. The number of allylic oxidation sites excluding steroid dienone is 30. The van der Waals surface area contributed by atoms with Gasteiger partial charge in [0.15, 0.2) is 6.10 Å². The van der Waals surface area contributed by atoms with Crippen molar-refractivity contribution in [2.75, 3.05) is 47.5 Å². The van der Waals surface area contributed by atoms with Gasteiger partial charge in [0.2, 0.25) is 0 Å². The number of aliphatic carboxylic acids is 1. The summed E-state index contributed by atoms with van der Waals surface area (Å²) in [7, 11) is 5.97. The molecule has 0 spiro atoms. The van der Waals surface area contributed by atoms with Crippen LogP contribution in [0.3, 0.4) is 0 Å². The van der Waals surface area contributed by atoms with E-state index in [1.165, 1.54) is 122 Å². The van der Waals surface area contributed by atoms with Gasteiger partial charge in [0, 0.05) is 12.8 Å². The van der Waals surface area contributed by atoms with Crippen molar-refractivity contribution in [3.05, 3.63) is 182 Å². The number of carbonyl (C=O) groups is 3.